The molecule has 0 aliphatic rings. The number of nitrogens with zero attached hydrogens (tertiary/aromatic N) is 1. The van der Waals surface area contributed by atoms with Crippen LogP contribution in [-0.2, 0) is 11.2 Å². The molecule has 4 nitrogen and oxygen atoms in total. The van der Waals surface area contributed by atoms with Crippen molar-refractivity contribution in [1.82, 2.24) is 4.98 Å². The third-order valence-electron chi connectivity index (χ3n) is 4.55. The molecule has 150 valence electrons. The fourth-order valence-electron chi connectivity index (χ4n) is 3.41. The molecule has 1 heterocycles. The Labute approximate surface area is 168 Å². The molecule has 0 aliphatic carbocycles. The first-order valence-electron chi connectivity index (χ1n) is 9.37. The highest BCUT2D eigenvalue weighted by Gasteiger charge is 2.21. The fourth-order valence-corrected chi connectivity index (χ4v) is 3.41. The maximum Gasteiger partial charge on any atom is 0.218 e. The van der Waals surface area contributed by atoms with Crippen LogP contribution in [0.2, 0.25) is 0 Å². The van der Waals surface area contributed by atoms with Gasteiger partial charge in [0.25, 0.3) is 0 Å². The second-order valence-electron chi connectivity index (χ2n) is 6.74. The highest BCUT2D eigenvalue weighted by atomic mass is 19.1. The van der Waals surface area contributed by atoms with Crippen molar-refractivity contribution in [2.24, 2.45) is 5.73 Å². The molecule has 1 atom stereocenters. The van der Waals surface area contributed by atoms with Gasteiger partial charge < -0.3 is 10.5 Å². The van der Waals surface area contributed by atoms with Gasteiger partial charge in [-0.2, -0.15) is 0 Å². The second-order valence-corrected chi connectivity index (χ2v) is 6.74. The van der Waals surface area contributed by atoms with Crippen LogP contribution in [0.3, 0.4) is 0 Å². The Morgan fingerprint density at radius 1 is 1.10 bits per heavy atom. The number of pyridine rings is 1. The SMILES string of the molecule is CCOc1ccc(-c2cccnc2[C@H](CC(N)=O)Cc2cc(F)cc(F)c2)cc1. The van der Waals surface area contributed by atoms with Gasteiger partial charge in [0, 0.05) is 30.2 Å². The van der Waals surface area contributed by atoms with E-state index >= 15 is 0 Å². The maximum absolute atomic E-state index is 13.6. The molecule has 3 rings (SSSR count). The minimum Gasteiger partial charge on any atom is -0.494 e. The first-order chi connectivity index (χ1) is 14.0. The number of carbonyl (C=O) groups excluding carboxylic acids is 1. The third kappa shape index (κ3) is 5.38. The highest BCUT2D eigenvalue weighted by Crippen LogP contribution is 2.33. The molecule has 1 amide bonds. The van der Waals surface area contributed by atoms with Gasteiger partial charge in [-0.15, -0.1) is 0 Å². The van der Waals surface area contributed by atoms with Crippen molar-refractivity contribution in [3.63, 3.8) is 0 Å². The predicted octanol–water partition coefficient (Wildman–Crippen LogP) is 4.63. The van der Waals surface area contributed by atoms with Crippen molar-refractivity contribution in [2.45, 2.75) is 25.7 Å². The van der Waals surface area contributed by atoms with E-state index in [2.05, 4.69) is 4.98 Å². The minimum absolute atomic E-state index is 0.0131. The number of carbonyl (C=O) groups is 1. The molecule has 2 N–H and O–H groups in total. The summed E-state index contributed by atoms with van der Waals surface area (Å²) >= 11 is 0. The number of primary amides is 1. The molecule has 29 heavy (non-hydrogen) atoms. The fraction of sp³-hybridized carbons (Fsp3) is 0.217. The minimum atomic E-state index is -0.661. The normalized spacial score (nSPS) is 11.8. The summed E-state index contributed by atoms with van der Waals surface area (Å²) in [5, 5.41) is 0. The number of amides is 1. The predicted molar refractivity (Wildman–Crippen MR) is 107 cm³/mol. The van der Waals surface area contributed by atoms with E-state index in [0.717, 1.165) is 22.9 Å². The van der Waals surface area contributed by atoms with Gasteiger partial charge in [-0.25, -0.2) is 8.78 Å². The second kappa shape index (κ2) is 9.28. The summed E-state index contributed by atoms with van der Waals surface area (Å²) in [6, 6.07) is 14.6. The average molecular weight is 396 g/mol. The van der Waals surface area contributed by atoms with Gasteiger partial charge in [-0.1, -0.05) is 18.2 Å². The molecule has 0 radical (unpaired) electrons. The lowest BCUT2D eigenvalue weighted by atomic mass is 9.88. The van der Waals surface area contributed by atoms with Crippen LogP contribution >= 0.6 is 0 Å². The number of nitrogens with two attached hydrogens (primary N) is 1. The van der Waals surface area contributed by atoms with Crippen molar-refractivity contribution in [2.75, 3.05) is 6.61 Å². The molecule has 3 aromatic rings. The number of ether oxygens (including phenoxy) is 1. The maximum atomic E-state index is 13.6. The van der Waals surface area contributed by atoms with Gasteiger partial charge in [-0.05, 0) is 54.8 Å². The molecule has 0 unspecified atom stereocenters. The highest BCUT2D eigenvalue weighted by molar-refractivity contribution is 5.76. The standard InChI is InChI=1S/C23H22F2N2O2/c1-2-29-20-7-5-16(6-8-20)21-4-3-9-27-23(21)17(13-22(26)28)10-15-11-18(24)14-19(25)12-15/h3-9,11-12,14,17H,2,10,13H2,1H3,(H2,26,28)/t17-/m0/s1. The van der Waals surface area contributed by atoms with Crippen LogP contribution < -0.4 is 10.5 Å². The number of benzene rings is 2. The molecule has 0 spiro atoms. The Morgan fingerprint density at radius 3 is 2.41 bits per heavy atom. The number of rotatable bonds is 8. The summed E-state index contributed by atoms with van der Waals surface area (Å²) in [4.78, 5) is 16.2. The van der Waals surface area contributed by atoms with E-state index < -0.39 is 23.5 Å². The summed E-state index contributed by atoms with van der Waals surface area (Å²) in [6.45, 7) is 2.49. The first-order valence-corrected chi connectivity index (χ1v) is 9.37. The molecule has 6 heteroatoms. The van der Waals surface area contributed by atoms with Crippen LogP contribution in [0, 0.1) is 11.6 Å². The van der Waals surface area contributed by atoms with Crippen LogP contribution in [-0.4, -0.2) is 17.5 Å². The molecule has 0 fully saturated rings. The lowest BCUT2D eigenvalue weighted by molar-refractivity contribution is -0.118. The Morgan fingerprint density at radius 2 is 1.79 bits per heavy atom. The number of hydrogen-bond acceptors (Lipinski definition) is 3. The Bertz CT molecular complexity index is 970. The quantitative estimate of drug-likeness (QED) is 0.604. The molecule has 0 saturated heterocycles. The molecule has 0 bridgehead atoms. The zero-order valence-electron chi connectivity index (χ0n) is 16.1. The Balaban J connectivity index is 1.99. The lowest BCUT2D eigenvalue weighted by Gasteiger charge is -2.19. The van der Waals surface area contributed by atoms with Crippen LogP contribution in [0.15, 0.2) is 60.8 Å². The lowest BCUT2D eigenvalue weighted by Crippen LogP contribution is -2.18. The van der Waals surface area contributed by atoms with Crippen LogP contribution in [0.5, 0.6) is 5.75 Å². The van der Waals surface area contributed by atoms with Crippen molar-refractivity contribution < 1.29 is 18.3 Å². The summed E-state index contributed by atoms with van der Waals surface area (Å²) in [5.41, 5.74) is 8.28. The van der Waals surface area contributed by atoms with Gasteiger partial charge in [0.1, 0.15) is 17.4 Å². The summed E-state index contributed by atoms with van der Waals surface area (Å²) < 4.78 is 32.7. The molecule has 0 aliphatic heterocycles. The smallest absolute Gasteiger partial charge is 0.218 e. The van der Waals surface area contributed by atoms with E-state index in [1.165, 1.54) is 12.1 Å². The van der Waals surface area contributed by atoms with Crippen LogP contribution in [0.4, 0.5) is 8.78 Å². The third-order valence-corrected chi connectivity index (χ3v) is 4.55. The Hall–Kier alpha value is -3.28. The van der Waals surface area contributed by atoms with Gasteiger partial charge in [0.2, 0.25) is 5.91 Å². The van der Waals surface area contributed by atoms with E-state index in [1.807, 2.05) is 37.3 Å². The van der Waals surface area contributed by atoms with Crippen molar-refractivity contribution in [3.8, 4) is 16.9 Å². The monoisotopic (exact) mass is 396 g/mol. The van der Waals surface area contributed by atoms with Gasteiger partial charge in [0.05, 0.1) is 12.3 Å². The number of halogens is 2. The van der Waals surface area contributed by atoms with E-state index in [4.69, 9.17) is 10.5 Å². The van der Waals surface area contributed by atoms with E-state index in [1.54, 1.807) is 12.3 Å². The zero-order valence-corrected chi connectivity index (χ0v) is 16.1. The van der Waals surface area contributed by atoms with E-state index in [9.17, 15) is 13.6 Å². The number of aromatic nitrogens is 1. The largest absolute Gasteiger partial charge is 0.494 e. The van der Waals surface area contributed by atoms with Gasteiger partial charge >= 0.3 is 0 Å². The van der Waals surface area contributed by atoms with Crippen molar-refractivity contribution in [3.05, 3.63) is 83.7 Å². The van der Waals surface area contributed by atoms with Crippen LogP contribution in [0.25, 0.3) is 11.1 Å². The first kappa shape index (κ1) is 20.5. The Kier molecular flexibility index (Phi) is 6.54. The van der Waals surface area contributed by atoms with Crippen LogP contribution in [0.1, 0.15) is 30.5 Å². The van der Waals surface area contributed by atoms with Gasteiger partial charge in [-0.3, -0.25) is 9.78 Å². The summed E-state index contributed by atoms with van der Waals surface area (Å²) in [7, 11) is 0. The van der Waals surface area contributed by atoms with Gasteiger partial charge in [0.15, 0.2) is 0 Å². The summed E-state index contributed by atoms with van der Waals surface area (Å²) in [5.74, 6) is -1.49. The van der Waals surface area contributed by atoms with Crippen molar-refractivity contribution in [1.29, 1.82) is 0 Å². The molecule has 0 saturated carbocycles. The molecule has 2 aromatic carbocycles. The molecule has 1 aromatic heterocycles. The topological polar surface area (TPSA) is 65.2 Å². The number of hydrogen-bond donors (Lipinski definition) is 1. The zero-order chi connectivity index (χ0) is 20.8. The molecular formula is C23H22F2N2O2. The van der Waals surface area contributed by atoms with Crippen molar-refractivity contribution >= 4 is 5.91 Å². The van der Waals surface area contributed by atoms with E-state index in [0.29, 0.717) is 17.9 Å². The van der Waals surface area contributed by atoms with E-state index in [-0.39, 0.29) is 12.8 Å². The molecular weight excluding hydrogens is 374 g/mol. The average Bonchev–Trinajstić information content (AvgIpc) is 2.67. The summed E-state index contributed by atoms with van der Waals surface area (Å²) in [6.07, 6.45) is 1.88.